The monoisotopic (exact) mass is 231 g/mol. The molecular formula is C9H7Cl2NO2. The van der Waals surface area contributed by atoms with E-state index in [1.807, 2.05) is 0 Å². The fourth-order valence-corrected chi connectivity index (χ4v) is 1.20. The highest BCUT2D eigenvalue weighted by molar-refractivity contribution is 6.42. The van der Waals surface area contributed by atoms with Gasteiger partial charge in [0.1, 0.15) is 0 Å². The lowest BCUT2D eigenvalue weighted by Crippen LogP contribution is -1.92. The van der Waals surface area contributed by atoms with Crippen molar-refractivity contribution in [2.24, 2.45) is 0 Å². The lowest BCUT2D eigenvalue weighted by atomic mass is 10.2. The van der Waals surface area contributed by atoms with Gasteiger partial charge in [-0.25, -0.2) is 0 Å². The van der Waals surface area contributed by atoms with Gasteiger partial charge in [0.05, 0.1) is 15.0 Å². The number of benzene rings is 1. The minimum absolute atomic E-state index is 0.0587. The maximum Gasteiger partial charge on any atom is 0.243 e. The van der Waals surface area contributed by atoms with Gasteiger partial charge >= 0.3 is 0 Å². The van der Waals surface area contributed by atoms with Crippen LogP contribution in [0.5, 0.6) is 0 Å². The van der Waals surface area contributed by atoms with Crippen molar-refractivity contribution in [3.05, 3.63) is 49.6 Å². The first-order valence-corrected chi connectivity index (χ1v) is 4.54. The van der Waals surface area contributed by atoms with E-state index in [0.717, 1.165) is 0 Å². The van der Waals surface area contributed by atoms with E-state index in [9.17, 15) is 10.1 Å². The maximum atomic E-state index is 10.3. The van der Waals surface area contributed by atoms with E-state index in [1.165, 1.54) is 13.0 Å². The van der Waals surface area contributed by atoms with Crippen LogP contribution in [0.15, 0.2) is 23.9 Å². The van der Waals surface area contributed by atoms with Crippen LogP contribution < -0.4 is 0 Å². The highest BCUT2D eigenvalue weighted by atomic mass is 35.5. The van der Waals surface area contributed by atoms with E-state index in [0.29, 0.717) is 15.6 Å². The molecule has 0 aromatic heterocycles. The van der Waals surface area contributed by atoms with Gasteiger partial charge in [-0.05, 0) is 17.7 Å². The topological polar surface area (TPSA) is 43.1 Å². The van der Waals surface area contributed by atoms with Crippen LogP contribution in [-0.4, -0.2) is 4.92 Å². The largest absolute Gasteiger partial charge is 0.259 e. The van der Waals surface area contributed by atoms with Crippen LogP contribution in [0.4, 0.5) is 0 Å². The second-order valence-corrected chi connectivity index (χ2v) is 3.53. The summed E-state index contributed by atoms with van der Waals surface area (Å²) < 4.78 is 0. The summed E-state index contributed by atoms with van der Waals surface area (Å²) in [5, 5.41) is 11.2. The van der Waals surface area contributed by atoms with E-state index in [-0.39, 0.29) is 5.70 Å². The molecule has 5 heteroatoms. The predicted molar refractivity (Wildman–Crippen MR) is 57.1 cm³/mol. The van der Waals surface area contributed by atoms with Crippen LogP contribution in [0.25, 0.3) is 6.08 Å². The second kappa shape index (κ2) is 4.44. The van der Waals surface area contributed by atoms with E-state index in [4.69, 9.17) is 23.2 Å². The molecule has 0 atom stereocenters. The number of hydrogen-bond donors (Lipinski definition) is 0. The summed E-state index contributed by atoms with van der Waals surface area (Å²) in [5.41, 5.74) is 0.719. The van der Waals surface area contributed by atoms with E-state index >= 15 is 0 Å². The first-order chi connectivity index (χ1) is 6.50. The molecule has 0 amide bonds. The van der Waals surface area contributed by atoms with E-state index < -0.39 is 4.92 Å². The van der Waals surface area contributed by atoms with Gasteiger partial charge < -0.3 is 0 Å². The van der Waals surface area contributed by atoms with Crippen LogP contribution in [0, 0.1) is 10.1 Å². The van der Waals surface area contributed by atoms with E-state index in [1.54, 1.807) is 18.2 Å². The Hall–Kier alpha value is -1.06. The summed E-state index contributed by atoms with van der Waals surface area (Å²) in [6.45, 7) is 1.42. The predicted octanol–water partition coefficient (Wildman–Crippen LogP) is 3.63. The molecule has 0 saturated carbocycles. The third-order valence-corrected chi connectivity index (χ3v) is 2.35. The number of halogens is 2. The van der Waals surface area contributed by atoms with Crippen molar-refractivity contribution in [1.29, 1.82) is 0 Å². The number of hydrogen-bond acceptors (Lipinski definition) is 2. The molecule has 0 saturated heterocycles. The molecular weight excluding hydrogens is 225 g/mol. The molecule has 14 heavy (non-hydrogen) atoms. The molecule has 0 radical (unpaired) electrons. The van der Waals surface area contributed by atoms with Crippen LogP contribution in [0.1, 0.15) is 12.5 Å². The molecule has 0 N–H and O–H groups in total. The Kier molecular flexibility index (Phi) is 3.49. The second-order valence-electron chi connectivity index (χ2n) is 2.72. The first kappa shape index (κ1) is 11.0. The van der Waals surface area contributed by atoms with Gasteiger partial charge in [0.2, 0.25) is 5.70 Å². The SMILES string of the molecule is CC(=Cc1ccc(Cl)c(Cl)c1)[N+](=O)[O-]. The average Bonchev–Trinajstić information content (AvgIpc) is 2.11. The van der Waals surface area contributed by atoms with Crippen molar-refractivity contribution < 1.29 is 4.92 Å². The molecule has 0 heterocycles. The minimum atomic E-state index is -0.456. The maximum absolute atomic E-state index is 10.3. The molecule has 0 aliphatic rings. The molecule has 0 unspecified atom stereocenters. The summed E-state index contributed by atoms with van der Waals surface area (Å²) in [7, 11) is 0. The Balaban J connectivity index is 3.04. The zero-order valence-corrected chi connectivity index (χ0v) is 8.84. The van der Waals surface area contributed by atoms with E-state index in [2.05, 4.69) is 0 Å². The average molecular weight is 232 g/mol. The van der Waals surface area contributed by atoms with Gasteiger partial charge in [0.25, 0.3) is 0 Å². The lowest BCUT2D eigenvalue weighted by Gasteiger charge is -1.97. The van der Waals surface area contributed by atoms with Crippen molar-refractivity contribution in [3.8, 4) is 0 Å². The van der Waals surface area contributed by atoms with Crippen molar-refractivity contribution >= 4 is 29.3 Å². The zero-order valence-electron chi connectivity index (χ0n) is 7.33. The Labute approximate surface area is 91.1 Å². The van der Waals surface area contributed by atoms with Gasteiger partial charge in [-0.15, -0.1) is 0 Å². The quantitative estimate of drug-likeness (QED) is 0.577. The summed E-state index contributed by atoms with van der Waals surface area (Å²) in [6, 6.07) is 4.85. The van der Waals surface area contributed by atoms with Crippen molar-refractivity contribution in [2.75, 3.05) is 0 Å². The lowest BCUT2D eigenvalue weighted by molar-refractivity contribution is -0.422. The molecule has 0 spiro atoms. The minimum Gasteiger partial charge on any atom is -0.259 e. The smallest absolute Gasteiger partial charge is 0.243 e. The third-order valence-electron chi connectivity index (χ3n) is 1.61. The van der Waals surface area contributed by atoms with Crippen LogP contribution in [0.2, 0.25) is 10.0 Å². The number of nitrogens with zero attached hydrogens (tertiary/aromatic N) is 1. The molecule has 74 valence electrons. The third kappa shape index (κ3) is 2.72. The highest BCUT2D eigenvalue weighted by Crippen LogP contribution is 2.23. The Morgan fingerprint density at radius 1 is 1.43 bits per heavy atom. The molecule has 1 rings (SSSR count). The van der Waals surface area contributed by atoms with Crippen LogP contribution in [-0.2, 0) is 0 Å². The Morgan fingerprint density at radius 3 is 2.57 bits per heavy atom. The van der Waals surface area contributed by atoms with Gasteiger partial charge in [-0.2, -0.15) is 0 Å². The number of rotatable bonds is 2. The molecule has 0 aliphatic carbocycles. The molecule has 0 fully saturated rings. The van der Waals surface area contributed by atoms with Gasteiger partial charge in [-0.1, -0.05) is 29.3 Å². The standard InChI is InChI=1S/C9H7Cl2NO2/c1-6(12(13)14)4-7-2-3-8(10)9(11)5-7/h2-5H,1H3. The van der Waals surface area contributed by atoms with Crippen LogP contribution in [0.3, 0.4) is 0 Å². The van der Waals surface area contributed by atoms with Crippen molar-refractivity contribution in [2.45, 2.75) is 6.92 Å². The normalized spacial score (nSPS) is 11.5. The molecule has 3 nitrogen and oxygen atoms in total. The van der Waals surface area contributed by atoms with Crippen LogP contribution >= 0.6 is 23.2 Å². The zero-order chi connectivity index (χ0) is 10.7. The summed E-state index contributed by atoms with van der Waals surface area (Å²) in [5.74, 6) is 0. The molecule has 0 aliphatic heterocycles. The van der Waals surface area contributed by atoms with Crippen molar-refractivity contribution in [1.82, 2.24) is 0 Å². The number of nitro groups is 1. The molecule has 1 aromatic carbocycles. The summed E-state index contributed by atoms with van der Waals surface area (Å²) in [6.07, 6.45) is 1.43. The Morgan fingerprint density at radius 2 is 2.07 bits per heavy atom. The van der Waals surface area contributed by atoms with Gasteiger partial charge in [-0.3, -0.25) is 10.1 Å². The first-order valence-electron chi connectivity index (χ1n) is 3.78. The fourth-order valence-electron chi connectivity index (χ4n) is 0.896. The fraction of sp³-hybridized carbons (Fsp3) is 0.111. The van der Waals surface area contributed by atoms with Gasteiger partial charge in [0, 0.05) is 13.0 Å². The number of allylic oxidation sites excluding steroid dienone is 1. The summed E-state index contributed by atoms with van der Waals surface area (Å²) >= 11 is 11.4. The molecule has 0 bridgehead atoms. The van der Waals surface area contributed by atoms with Gasteiger partial charge in [0.15, 0.2) is 0 Å². The summed E-state index contributed by atoms with van der Waals surface area (Å²) in [4.78, 5) is 9.88. The molecule has 1 aromatic rings. The Bertz CT molecular complexity index is 402. The highest BCUT2D eigenvalue weighted by Gasteiger charge is 2.03. The van der Waals surface area contributed by atoms with Crippen molar-refractivity contribution in [3.63, 3.8) is 0 Å².